The summed E-state index contributed by atoms with van der Waals surface area (Å²) in [4.78, 5) is 10.2. The van der Waals surface area contributed by atoms with Crippen molar-refractivity contribution in [2.75, 3.05) is 13.2 Å². The third-order valence-electron chi connectivity index (χ3n) is 1.00. The molecule has 0 bridgehead atoms. The van der Waals surface area contributed by atoms with E-state index in [1.54, 1.807) is 0 Å². The lowest BCUT2D eigenvalue weighted by molar-refractivity contribution is -0.141. The molecule has 0 heterocycles. The van der Waals surface area contributed by atoms with Gasteiger partial charge in [-0.25, -0.2) is 0 Å². The van der Waals surface area contributed by atoms with Crippen LogP contribution in [0.3, 0.4) is 0 Å². The molecule has 0 saturated heterocycles. The molecule has 0 saturated carbocycles. The van der Waals surface area contributed by atoms with E-state index >= 15 is 0 Å². The van der Waals surface area contributed by atoms with Gasteiger partial charge in [-0.05, 0) is 0 Å². The summed E-state index contributed by atoms with van der Waals surface area (Å²) in [6.45, 7) is 1.07. The van der Waals surface area contributed by atoms with Gasteiger partial charge in [0.2, 0.25) is 0 Å². The highest BCUT2D eigenvalue weighted by atomic mass is 35.5. The second kappa shape index (κ2) is 4.80. The van der Waals surface area contributed by atoms with Crippen LogP contribution in [0.15, 0.2) is 0 Å². The molecule has 0 aromatic carbocycles. The molecule has 0 unspecified atom stereocenters. The number of hydrogen-bond acceptors (Lipinski definition) is 3. The second-order valence-electron chi connectivity index (χ2n) is 2.10. The van der Waals surface area contributed by atoms with Crippen molar-refractivity contribution < 1.29 is 14.6 Å². The van der Waals surface area contributed by atoms with Gasteiger partial charge in [0.05, 0.1) is 13.2 Å². The maximum atomic E-state index is 10.2. The monoisotopic (exact) mass is 200 g/mol. The number of halogens is 2. The molecule has 66 valence electrons. The second-order valence-corrected chi connectivity index (χ2v) is 3.74. The van der Waals surface area contributed by atoms with E-state index in [9.17, 15) is 4.79 Å². The Morgan fingerprint density at radius 3 is 2.55 bits per heavy atom. The van der Waals surface area contributed by atoms with Crippen molar-refractivity contribution in [3.05, 3.63) is 0 Å². The van der Waals surface area contributed by atoms with E-state index in [4.69, 9.17) is 28.3 Å². The quantitative estimate of drug-likeness (QED) is 0.547. The summed E-state index contributed by atoms with van der Waals surface area (Å²) in [6, 6.07) is 0. The third kappa shape index (κ3) is 6.41. The average molecular weight is 201 g/mol. The van der Waals surface area contributed by atoms with Crippen LogP contribution in [0.4, 0.5) is 0 Å². The lowest BCUT2D eigenvalue weighted by Crippen LogP contribution is -2.21. The zero-order chi connectivity index (χ0) is 8.91. The van der Waals surface area contributed by atoms with Gasteiger partial charge < -0.3 is 9.84 Å². The Labute approximate surface area is 75.2 Å². The van der Waals surface area contributed by atoms with Gasteiger partial charge >= 0.3 is 5.97 Å². The molecule has 0 radical (unpaired) electrons. The van der Waals surface area contributed by atoms with Gasteiger partial charge in [0.25, 0.3) is 0 Å². The van der Waals surface area contributed by atoms with Crippen LogP contribution in [0.25, 0.3) is 0 Å². The number of aliphatic hydroxyl groups is 1. The van der Waals surface area contributed by atoms with Gasteiger partial charge in [0.1, 0.15) is 4.33 Å². The molecule has 11 heavy (non-hydrogen) atoms. The van der Waals surface area contributed by atoms with Gasteiger partial charge in [-0.2, -0.15) is 0 Å². The number of alkyl halides is 2. The first-order valence-electron chi connectivity index (χ1n) is 3.10. The summed E-state index contributed by atoms with van der Waals surface area (Å²) in [5.74, 6) is -0.382. The van der Waals surface area contributed by atoms with Crippen LogP contribution in [0.2, 0.25) is 0 Å². The van der Waals surface area contributed by atoms with Crippen LogP contribution in [-0.2, 0) is 9.53 Å². The molecular formula is C6H10Cl2O3. The van der Waals surface area contributed by atoms with Crippen LogP contribution in [-0.4, -0.2) is 28.6 Å². The smallest absolute Gasteiger partial charge is 0.302 e. The standard InChI is InChI=1S/C6H10Cl2O3/c1-5(10)11-3-2-6(7,8)4-9/h9H,2-4H2,1H3. The summed E-state index contributed by atoms with van der Waals surface area (Å²) >= 11 is 11.1. The van der Waals surface area contributed by atoms with Crippen molar-refractivity contribution in [2.24, 2.45) is 0 Å². The van der Waals surface area contributed by atoms with Crippen molar-refractivity contribution in [1.29, 1.82) is 0 Å². The predicted molar refractivity (Wildman–Crippen MR) is 42.8 cm³/mol. The Kier molecular flexibility index (Phi) is 4.81. The summed E-state index contributed by atoms with van der Waals surface area (Å²) in [5.41, 5.74) is 0. The van der Waals surface area contributed by atoms with Crippen molar-refractivity contribution >= 4 is 29.2 Å². The SMILES string of the molecule is CC(=O)OCCC(Cl)(Cl)CO. The molecular weight excluding hydrogens is 191 g/mol. The normalized spacial score (nSPS) is 11.3. The molecule has 1 N–H and O–H groups in total. The molecule has 0 aliphatic heterocycles. The van der Waals surface area contributed by atoms with E-state index in [0.717, 1.165) is 0 Å². The van der Waals surface area contributed by atoms with Gasteiger partial charge in [-0.1, -0.05) is 23.2 Å². The minimum absolute atomic E-state index is 0.128. The van der Waals surface area contributed by atoms with Gasteiger partial charge in [0, 0.05) is 13.3 Å². The number of esters is 1. The first-order valence-corrected chi connectivity index (χ1v) is 3.85. The van der Waals surface area contributed by atoms with Crippen LogP contribution >= 0.6 is 23.2 Å². The topological polar surface area (TPSA) is 46.5 Å². The first kappa shape index (κ1) is 11.0. The van der Waals surface area contributed by atoms with Crippen molar-refractivity contribution in [3.63, 3.8) is 0 Å². The molecule has 0 spiro atoms. The lowest BCUT2D eigenvalue weighted by atomic mass is 10.3. The molecule has 3 nitrogen and oxygen atoms in total. The van der Waals surface area contributed by atoms with E-state index in [-0.39, 0.29) is 25.6 Å². The number of ether oxygens (including phenoxy) is 1. The Morgan fingerprint density at radius 1 is 1.64 bits per heavy atom. The maximum Gasteiger partial charge on any atom is 0.302 e. The molecule has 0 rings (SSSR count). The highest BCUT2D eigenvalue weighted by Crippen LogP contribution is 2.23. The van der Waals surface area contributed by atoms with E-state index in [1.165, 1.54) is 6.92 Å². The highest BCUT2D eigenvalue weighted by molar-refractivity contribution is 6.48. The number of hydrogen-bond donors (Lipinski definition) is 1. The summed E-state index contributed by atoms with van der Waals surface area (Å²) in [5, 5.41) is 8.55. The Morgan fingerprint density at radius 2 is 2.18 bits per heavy atom. The number of aliphatic hydroxyl groups excluding tert-OH is 1. The summed E-state index contributed by atoms with van der Waals surface area (Å²) < 4.78 is 3.36. The zero-order valence-electron chi connectivity index (χ0n) is 6.14. The van der Waals surface area contributed by atoms with E-state index in [1.807, 2.05) is 0 Å². The number of carbonyl (C=O) groups excluding carboxylic acids is 1. The van der Waals surface area contributed by atoms with Crippen LogP contribution in [0, 0.1) is 0 Å². The summed E-state index contributed by atoms with van der Waals surface area (Å²) in [7, 11) is 0. The fourth-order valence-electron chi connectivity index (χ4n) is 0.423. The van der Waals surface area contributed by atoms with Gasteiger partial charge in [-0.15, -0.1) is 0 Å². The first-order chi connectivity index (χ1) is 4.98. The molecule has 0 aliphatic rings. The minimum Gasteiger partial charge on any atom is -0.466 e. The predicted octanol–water partition coefficient (Wildman–Crippen LogP) is 1.11. The van der Waals surface area contributed by atoms with E-state index in [2.05, 4.69) is 4.74 Å². The Bertz CT molecular complexity index is 136. The Hall–Kier alpha value is 0.01000. The van der Waals surface area contributed by atoms with Gasteiger partial charge in [-0.3, -0.25) is 4.79 Å². The van der Waals surface area contributed by atoms with Crippen LogP contribution in [0.5, 0.6) is 0 Å². The molecule has 5 heteroatoms. The fourth-order valence-corrected chi connectivity index (χ4v) is 0.577. The average Bonchev–Trinajstić information content (AvgIpc) is 1.87. The van der Waals surface area contributed by atoms with Crippen molar-refractivity contribution in [3.8, 4) is 0 Å². The third-order valence-corrected chi connectivity index (χ3v) is 1.62. The largest absolute Gasteiger partial charge is 0.466 e. The minimum atomic E-state index is -1.20. The molecule has 0 atom stereocenters. The molecule has 0 amide bonds. The highest BCUT2D eigenvalue weighted by Gasteiger charge is 2.22. The van der Waals surface area contributed by atoms with Crippen molar-refractivity contribution in [1.82, 2.24) is 0 Å². The number of carbonyl (C=O) groups is 1. The number of rotatable bonds is 4. The fraction of sp³-hybridized carbons (Fsp3) is 0.833. The van der Waals surface area contributed by atoms with Crippen LogP contribution in [0.1, 0.15) is 13.3 Å². The molecule has 0 aromatic heterocycles. The van der Waals surface area contributed by atoms with E-state index < -0.39 is 4.33 Å². The van der Waals surface area contributed by atoms with Gasteiger partial charge in [0.15, 0.2) is 0 Å². The molecule has 0 aliphatic carbocycles. The molecule has 0 fully saturated rings. The summed E-state index contributed by atoms with van der Waals surface area (Å²) in [6.07, 6.45) is 0.228. The zero-order valence-corrected chi connectivity index (χ0v) is 7.65. The van der Waals surface area contributed by atoms with Crippen molar-refractivity contribution in [2.45, 2.75) is 17.7 Å². The Balaban J connectivity index is 3.45. The lowest BCUT2D eigenvalue weighted by Gasteiger charge is -2.14. The van der Waals surface area contributed by atoms with E-state index in [0.29, 0.717) is 0 Å². The maximum absolute atomic E-state index is 10.2. The molecule has 0 aromatic rings. The van der Waals surface area contributed by atoms with Crippen LogP contribution < -0.4 is 0 Å².